The molecule has 0 fully saturated rings. The van der Waals surface area contributed by atoms with Crippen molar-refractivity contribution in [1.82, 2.24) is 0 Å². The molecule has 0 amide bonds. The number of carbonyl (C=O) groups excluding carboxylic acids is 1. The molecule has 82 valence electrons. The molecule has 1 rings (SSSR count). The molecule has 0 saturated heterocycles. The number of halogens is 3. The maximum atomic E-state index is 12.4. The highest BCUT2D eigenvalue weighted by Gasteiger charge is 2.13. The third-order valence-electron chi connectivity index (χ3n) is 1.91. The zero-order valence-electron chi connectivity index (χ0n) is 7.71. The monoisotopic (exact) mass is 294 g/mol. The van der Waals surface area contributed by atoms with E-state index in [1.807, 2.05) is 0 Å². The van der Waals surface area contributed by atoms with E-state index in [-0.39, 0.29) is 16.2 Å². The van der Waals surface area contributed by atoms with E-state index < -0.39 is 6.43 Å². The van der Waals surface area contributed by atoms with Crippen molar-refractivity contribution in [2.45, 2.75) is 17.7 Å². The van der Waals surface area contributed by atoms with Crippen LogP contribution in [0.5, 0.6) is 0 Å². The summed E-state index contributed by atoms with van der Waals surface area (Å²) < 4.78 is 24.7. The Balaban J connectivity index is 2.96. The Morgan fingerprint density at radius 1 is 1.47 bits per heavy atom. The predicted molar refractivity (Wildman–Crippen MR) is 61.4 cm³/mol. The van der Waals surface area contributed by atoms with Crippen LogP contribution < -0.4 is 0 Å². The maximum absolute atomic E-state index is 12.4. The molecule has 0 aromatic heterocycles. The van der Waals surface area contributed by atoms with Gasteiger partial charge < -0.3 is 0 Å². The van der Waals surface area contributed by atoms with Gasteiger partial charge in [-0.15, -0.1) is 12.6 Å². The van der Waals surface area contributed by atoms with Crippen LogP contribution in [0.25, 0.3) is 0 Å². The fourth-order valence-electron chi connectivity index (χ4n) is 1.13. The Morgan fingerprint density at radius 2 is 2.13 bits per heavy atom. The molecule has 15 heavy (non-hydrogen) atoms. The summed E-state index contributed by atoms with van der Waals surface area (Å²) in [4.78, 5) is 11.6. The second-order valence-corrected chi connectivity index (χ2v) is 4.21. The molecule has 0 unspecified atom stereocenters. The number of hydrogen-bond donors (Lipinski definition) is 1. The predicted octanol–water partition coefficient (Wildman–Crippen LogP) is 3.88. The molecule has 0 aliphatic heterocycles. The van der Waals surface area contributed by atoms with Crippen LogP contribution in [-0.2, 0) is 0 Å². The summed E-state index contributed by atoms with van der Waals surface area (Å²) in [6.45, 7) is 0. The third kappa shape index (κ3) is 3.28. The van der Waals surface area contributed by atoms with Crippen molar-refractivity contribution in [2.75, 3.05) is 5.33 Å². The Hall–Kier alpha value is -0.420. The molecule has 1 aromatic rings. The molecule has 1 nitrogen and oxygen atoms in total. The number of thiol groups is 1. The highest BCUT2D eigenvalue weighted by atomic mass is 79.9. The van der Waals surface area contributed by atoms with Crippen LogP contribution in [0, 0.1) is 0 Å². The summed E-state index contributed by atoms with van der Waals surface area (Å²) in [5, 5.41) is 0.560. The topological polar surface area (TPSA) is 17.1 Å². The van der Waals surface area contributed by atoms with Crippen LogP contribution in [-0.4, -0.2) is 11.1 Å². The van der Waals surface area contributed by atoms with Crippen molar-refractivity contribution in [3.63, 3.8) is 0 Å². The van der Waals surface area contributed by atoms with Crippen LogP contribution >= 0.6 is 28.6 Å². The quantitative estimate of drug-likeness (QED) is 0.507. The van der Waals surface area contributed by atoms with Gasteiger partial charge in [0.25, 0.3) is 6.43 Å². The minimum Gasteiger partial charge on any atom is -0.294 e. The Labute approximate surface area is 100 Å². The summed E-state index contributed by atoms with van der Waals surface area (Å²) in [5.74, 6) is -0.0806. The third-order valence-corrected chi connectivity index (χ3v) is 2.69. The van der Waals surface area contributed by atoms with Gasteiger partial charge in [-0.2, -0.15) is 0 Å². The largest absolute Gasteiger partial charge is 0.294 e. The van der Waals surface area contributed by atoms with Gasteiger partial charge >= 0.3 is 0 Å². The Bertz CT molecular complexity index is 368. The second-order valence-electron chi connectivity index (χ2n) is 2.94. The van der Waals surface area contributed by atoms with E-state index >= 15 is 0 Å². The highest BCUT2D eigenvalue weighted by molar-refractivity contribution is 9.09. The number of hydrogen-bond acceptors (Lipinski definition) is 2. The summed E-state index contributed by atoms with van der Waals surface area (Å²) >= 11 is 7.07. The number of Topliss-reactive ketones (excluding diaryl/α,β-unsaturated/α-hetero) is 1. The zero-order chi connectivity index (χ0) is 11.4. The molecule has 5 heteroatoms. The van der Waals surface area contributed by atoms with Crippen LogP contribution in [0.1, 0.15) is 28.8 Å². The molecule has 0 aliphatic rings. The first-order chi connectivity index (χ1) is 7.06. The first-order valence-electron chi connectivity index (χ1n) is 4.26. The van der Waals surface area contributed by atoms with Crippen molar-refractivity contribution in [3.8, 4) is 0 Å². The van der Waals surface area contributed by atoms with Gasteiger partial charge in [-0.1, -0.05) is 28.1 Å². The molecule has 1 aromatic carbocycles. The average molecular weight is 295 g/mol. The summed E-state index contributed by atoms with van der Waals surface area (Å²) in [5.41, 5.74) is 0.276. The smallest absolute Gasteiger partial charge is 0.264 e. The molecule has 0 heterocycles. The minimum atomic E-state index is -2.56. The minimum absolute atomic E-state index is 0.0806. The molecule has 0 N–H and O–H groups in total. The normalized spacial score (nSPS) is 10.7. The van der Waals surface area contributed by atoms with E-state index in [0.717, 1.165) is 0 Å². The Morgan fingerprint density at radius 3 is 2.60 bits per heavy atom. The van der Waals surface area contributed by atoms with E-state index in [4.69, 9.17) is 0 Å². The number of alkyl halides is 3. The highest BCUT2D eigenvalue weighted by Crippen LogP contribution is 2.26. The van der Waals surface area contributed by atoms with Gasteiger partial charge in [0.2, 0.25) is 0 Å². The van der Waals surface area contributed by atoms with E-state index in [2.05, 4.69) is 28.6 Å². The molecule has 0 spiro atoms. The van der Waals surface area contributed by atoms with Crippen LogP contribution in [0.2, 0.25) is 0 Å². The summed E-state index contributed by atoms with van der Waals surface area (Å²) in [7, 11) is 0. The summed E-state index contributed by atoms with van der Waals surface area (Å²) in [6.07, 6.45) is -2.21. The molecule has 0 bridgehead atoms. The van der Waals surface area contributed by atoms with Crippen LogP contribution in [0.4, 0.5) is 8.78 Å². The maximum Gasteiger partial charge on any atom is 0.264 e. The first-order valence-corrected chi connectivity index (χ1v) is 5.83. The Kier molecular flexibility index (Phi) is 4.73. The van der Waals surface area contributed by atoms with E-state index in [1.54, 1.807) is 0 Å². The summed E-state index contributed by atoms with van der Waals surface area (Å²) in [6, 6.07) is 4.04. The molecular weight excluding hydrogens is 286 g/mol. The van der Waals surface area contributed by atoms with E-state index in [1.165, 1.54) is 18.2 Å². The fourth-order valence-corrected chi connectivity index (χ4v) is 1.80. The van der Waals surface area contributed by atoms with E-state index in [0.29, 0.717) is 17.3 Å². The van der Waals surface area contributed by atoms with Gasteiger partial charge in [0, 0.05) is 27.8 Å². The van der Waals surface area contributed by atoms with Crippen molar-refractivity contribution >= 4 is 34.3 Å². The molecule has 0 saturated carbocycles. The van der Waals surface area contributed by atoms with Crippen molar-refractivity contribution in [3.05, 3.63) is 29.3 Å². The van der Waals surface area contributed by atoms with Gasteiger partial charge in [0.05, 0.1) is 0 Å². The lowest BCUT2D eigenvalue weighted by Gasteiger charge is -2.05. The van der Waals surface area contributed by atoms with Gasteiger partial charge in [-0.3, -0.25) is 4.79 Å². The van der Waals surface area contributed by atoms with Gasteiger partial charge in [0.15, 0.2) is 5.78 Å². The van der Waals surface area contributed by atoms with Crippen LogP contribution in [0.3, 0.4) is 0 Å². The second kappa shape index (κ2) is 5.61. The lowest BCUT2D eigenvalue weighted by molar-refractivity contribution is 0.0989. The van der Waals surface area contributed by atoms with Gasteiger partial charge in [-0.25, -0.2) is 8.78 Å². The molecule has 0 atom stereocenters. The van der Waals surface area contributed by atoms with Gasteiger partial charge in [0.1, 0.15) is 0 Å². The first kappa shape index (κ1) is 12.6. The fraction of sp³-hybridized carbons (Fsp3) is 0.300. The zero-order valence-corrected chi connectivity index (χ0v) is 10.2. The van der Waals surface area contributed by atoms with Crippen molar-refractivity contribution in [2.24, 2.45) is 0 Å². The number of benzene rings is 1. The SMILES string of the molecule is O=C(CCBr)c1ccc(C(F)F)c(S)c1. The molecule has 0 radical (unpaired) electrons. The van der Waals surface area contributed by atoms with E-state index in [9.17, 15) is 13.6 Å². The van der Waals surface area contributed by atoms with Gasteiger partial charge in [-0.05, 0) is 6.07 Å². The average Bonchev–Trinajstić information content (AvgIpc) is 2.17. The lowest BCUT2D eigenvalue weighted by Crippen LogP contribution is -2.00. The lowest BCUT2D eigenvalue weighted by atomic mass is 10.1. The van der Waals surface area contributed by atoms with Crippen molar-refractivity contribution in [1.29, 1.82) is 0 Å². The molecular formula is C10H9BrF2OS. The standard InChI is InChI=1S/C10H9BrF2OS/c11-4-3-8(14)6-1-2-7(10(12)13)9(15)5-6/h1-2,5,10,15H,3-4H2. The number of ketones is 1. The number of rotatable bonds is 4. The number of carbonyl (C=O) groups is 1. The van der Waals surface area contributed by atoms with Crippen LogP contribution in [0.15, 0.2) is 23.1 Å². The van der Waals surface area contributed by atoms with Crippen molar-refractivity contribution < 1.29 is 13.6 Å². The molecule has 0 aliphatic carbocycles.